The van der Waals surface area contributed by atoms with Crippen LogP contribution in [-0.4, -0.2) is 4.98 Å². The van der Waals surface area contributed by atoms with Crippen molar-refractivity contribution in [2.24, 2.45) is 0 Å². The van der Waals surface area contributed by atoms with E-state index in [1.165, 1.54) is 55.5 Å². The van der Waals surface area contributed by atoms with E-state index in [1.807, 2.05) is 12.4 Å². The summed E-state index contributed by atoms with van der Waals surface area (Å²) in [5, 5.41) is 4.80. The van der Waals surface area contributed by atoms with E-state index in [0.29, 0.717) is 0 Å². The van der Waals surface area contributed by atoms with Crippen LogP contribution in [0.2, 0.25) is 0 Å². The van der Waals surface area contributed by atoms with Gasteiger partial charge in [-0.3, -0.25) is 4.98 Å². The Kier molecular flexibility index (Phi) is 5.28. The lowest BCUT2D eigenvalue weighted by atomic mass is 9.90. The molecule has 0 saturated carbocycles. The third-order valence-electron chi connectivity index (χ3n) is 9.56. The maximum Gasteiger partial charge on any atom is 0.0782 e. The molecule has 2 aliphatic rings. The van der Waals surface area contributed by atoms with Crippen LogP contribution in [0.5, 0.6) is 0 Å². The first kappa shape index (κ1) is 25.2. The molecule has 3 heteroatoms. The normalized spacial score (nSPS) is 12.7. The quantitative estimate of drug-likeness (QED) is 0.201. The lowest BCUT2D eigenvalue weighted by Crippen LogP contribution is -2.24. The summed E-state index contributed by atoms with van der Waals surface area (Å²) in [4.78, 5) is 9.59. The van der Waals surface area contributed by atoms with Crippen molar-refractivity contribution in [3.63, 3.8) is 0 Å². The second-order valence-electron chi connectivity index (χ2n) is 12.0. The van der Waals surface area contributed by atoms with Gasteiger partial charge < -0.3 is 9.80 Å². The standard InChI is InChI=1S/C43H27N3/c1-2-13-31(14-3-1)45-40-20-10-18-36-37-25-29(38-27-44-26-30-12-5-6-15-32(30)38)21-23-34(37)35-17-8-9-19-39(35)46(43(36)40)42-33-16-7-4-11-28(33)22-24-41(42)45/h1-27H. The molecule has 0 bridgehead atoms. The molecule has 7 aromatic carbocycles. The van der Waals surface area contributed by atoms with E-state index in [4.69, 9.17) is 0 Å². The summed E-state index contributed by atoms with van der Waals surface area (Å²) in [6.07, 6.45) is 3.95. The molecule has 3 heterocycles. The van der Waals surface area contributed by atoms with Gasteiger partial charge in [0.2, 0.25) is 0 Å². The van der Waals surface area contributed by atoms with Crippen molar-refractivity contribution in [1.29, 1.82) is 0 Å². The van der Waals surface area contributed by atoms with Crippen molar-refractivity contribution in [3.05, 3.63) is 164 Å². The highest BCUT2D eigenvalue weighted by Gasteiger charge is 2.37. The molecular weight excluding hydrogens is 558 g/mol. The molecule has 1 aromatic heterocycles. The summed E-state index contributed by atoms with van der Waals surface area (Å²) in [6.45, 7) is 0. The van der Waals surface area contributed by atoms with Crippen LogP contribution < -0.4 is 9.80 Å². The zero-order valence-electron chi connectivity index (χ0n) is 24.9. The van der Waals surface area contributed by atoms with Crippen LogP contribution in [0.4, 0.5) is 34.1 Å². The second-order valence-corrected chi connectivity index (χ2v) is 12.0. The van der Waals surface area contributed by atoms with Crippen molar-refractivity contribution < 1.29 is 0 Å². The van der Waals surface area contributed by atoms with Crippen LogP contribution in [0.3, 0.4) is 0 Å². The van der Waals surface area contributed by atoms with Crippen LogP contribution in [0, 0.1) is 0 Å². The molecule has 214 valence electrons. The van der Waals surface area contributed by atoms with Crippen LogP contribution in [-0.2, 0) is 0 Å². The van der Waals surface area contributed by atoms with Crippen molar-refractivity contribution in [3.8, 4) is 33.4 Å². The Morgan fingerprint density at radius 2 is 1.09 bits per heavy atom. The molecule has 0 unspecified atom stereocenters. The molecule has 0 spiro atoms. The number of anilines is 6. The minimum Gasteiger partial charge on any atom is -0.306 e. The predicted octanol–water partition coefficient (Wildman–Crippen LogP) is 12.0. The Hall–Kier alpha value is -6.19. The van der Waals surface area contributed by atoms with E-state index < -0.39 is 0 Å². The van der Waals surface area contributed by atoms with Gasteiger partial charge in [-0.2, -0.15) is 0 Å². The molecule has 0 aliphatic carbocycles. The summed E-state index contributed by atoms with van der Waals surface area (Å²) in [5.74, 6) is 0. The Morgan fingerprint density at radius 1 is 0.370 bits per heavy atom. The Morgan fingerprint density at radius 3 is 2.00 bits per heavy atom. The van der Waals surface area contributed by atoms with Gasteiger partial charge in [-0.15, -0.1) is 0 Å². The highest BCUT2D eigenvalue weighted by Crippen LogP contribution is 2.62. The number of nitrogens with zero attached hydrogens (tertiary/aromatic N) is 3. The van der Waals surface area contributed by atoms with Gasteiger partial charge >= 0.3 is 0 Å². The minimum atomic E-state index is 1.14. The smallest absolute Gasteiger partial charge is 0.0782 e. The molecule has 0 radical (unpaired) electrons. The van der Waals surface area contributed by atoms with Crippen LogP contribution >= 0.6 is 0 Å². The monoisotopic (exact) mass is 585 g/mol. The van der Waals surface area contributed by atoms with Crippen molar-refractivity contribution >= 4 is 55.7 Å². The summed E-state index contributed by atoms with van der Waals surface area (Å²) in [7, 11) is 0. The summed E-state index contributed by atoms with van der Waals surface area (Å²) in [6, 6.07) is 55.1. The highest BCUT2D eigenvalue weighted by atomic mass is 15.3. The summed E-state index contributed by atoms with van der Waals surface area (Å²) < 4.78 is 0. The van der Waals surface area contributed by atoms with Crippen LogP contribution in [0.1, 0.15) is 0 Å². The number of rotatable bonds is 2. The van der Waals surface area contributed by atoms with Crippen molar-refractivity contribution in [2.75, 3.05) is 9.80 Å². The van der Waals surface area contributed by atoms with Gasteiger partial charge in [-0.1, -0.05) is 115 Å². The molecule has 8 aromatic rings. The molecule has 46 heavy (non-hydrogen) atoms. The maximum absolute atomic E-state index is 4.63. The Bertz CT molecular complexity index is 2490. The van der Waals surface area contributed by atoms with E-state index >= 15 is 0 Å². The molecular formula is C43H27N3. The van der Waals surface area contributed by atoms with Crippen LogP contribution in [0.25, 0.3) is 54.9 Å². The van der Waals surface area contributed by atoms with E-state index in [1.54, 1.807) is 0 Å². The van der Waals surface area contributed by atoms with E-state index in [-0.39, 0.29) is 0 Å². The molecule has 0 atom stereocenters. The van der Waals surface area contributed by atoms with E-state index in [2.05, 4.69) is 166 Å². The topological polar surface area (TPSA) is 19.4 Å². The molecule has 3 nitrogen and oxygen atoms in total. The molecule has 0 amide bonds. The Labute approximate surface area is 267 Å². The van der Waals surface area contributed by atoms with Gasteiger partial charge in [-0.05, 0) is 63.9 Å². The maximum atomic E-state index is 4.63. The molecule has 0 fully saturated rings. The van der Waals surface area contributed by atoms with Gasteiger partial charge in [0.05, 0.1) is 28.4 Å². The zero-order valence-corrected chi connectivity index (χ0v) is 24.9. The lowest BCUT2D eigenvalue weighted by Gasteiger charge is -2.41. The van der Waals surface area contributed by atoms with Gasteiger partial charge in [0.1, 0.15) is 0 Å². The third-order valence-corrected chi connectivity index (χ3v) is 9.56. The van der Waals surface area contributed by atoms with E-state index in [0.717, 1.165) is 33.6 Å². The number of fused-ring (bicyclic) bond motifs is 10. The summed E-state index contributed by atoms with van der Waals surface area (Å²) >= 11 is 0. The number of para-hydroxylation sites is 3. The average Bonchev–Trinajstić information content (AvgIpc) is 3.25. The fourth-order valence-electron chi connectivity index (χ4n) is 7.57. The molecule has 0 saturated heterocycles. The van der Waals surface area contributed by atoms with Crippen molar-refractivity contribution in [2.45, 2.75) is 0 Å². The second kappa shape index (κ2) is 9.65. The van der Waals surface area contributed by atoms with Gasteiger partial charge in [0, 0.05) is 45.5 Å². The van der Waals surface area contributed by atoms with Gasteiger partial charge in [-0.25, -0.2) is 0 Å². The lowest BCUT2D eigenvalue weighted by molar-refractivity contribution is 1.18. The molecule has 0 N–H and O–H groups in total. The summed E-state index contributed by atoms with van der Waals surface area (Å²) in [5.41, 5.74) is 14.2. The highest BCUT2D eigenvalue weighted by molar-refractivity contribution is 6.17. The molecule has 2 aliphatic heterocycles. The largest absolute Gasteiger partial charge is 0.306 e. The van der Waals surface area contributed by atoms with Gasteiger partial charge in [0.25, 0.3) is 0 Å². The minimum absolute atomic E-state index is 1.14. The first-order valence-corrected chi connectivity index (χ1v) is 15.7. The SMILES string of the molecule is c1ccc(N2c3cccc4c3N(c3ccccc3-c3ccc(-c5cncc6ccccc56)cc3-4)c3c2ccc2ccccc32)cc1. The predicted molar refractivity (Wildman–Crippen MR) is 192 cm³/mol. The van der Waals surface area contributed by atoms with Crippen LogP contribution in [0.15, 0.2) is 164 Å². The average molecular weight is 586 g/mol. The first-order chi connectivity index (χ1) is 22.8. The van der Waals surface area contributed by atoms with Gasteiger partial charge in [0.15, 0.2) is 0 Å². The fraction of sp³-hybridized carbons (Fsp3) is 0. The third kappa shape index (κ3) is 3.51. The van der Waals surface area contributed by atoms with E-state index in [9.17, 15) is 0 Å². The number of benzene rings is 7. The molecule has 10 rings (SSSR count). The fourth-order valence-corrected chi connectivity index (χ4v) is 7.57. The zero-order chi connectivity index (χ0) is 30.2. The number of hydrogen-bond acceptors (Lipinski definition) is 3. The van der Waals surface area contributed by atoms with Crippen molar-refractivity contribution in [1.82, 2.24) is 4.98 Å². The Balaban J connectivity index is 1.34. The number of pyridine rings is 1. The number of aromatic nitrogens is 1. The first-order valence-electron chi connectivity index (χ1n) is 15.7. The number of hydrogen-bond donors (Lipinski definition) is 0.